The third kappa shape index (κ3) is 3.12. The first-order chi connectivity index (χ1) is 10.1. The van der Waals surface area contributed by atoms with E-state index in [9.17, 15) is 5.11 Å². The van der Waals surface area contributed by atoms with E-state index in [1.807, 2.05) is 42.2 Å². The molecule has 1 aliphatic heterocycles. The zero-order valence-corrected chi connectivity index (χ0v) is 12.9. The minimum atomic E-state index is -0.559. The molecule has 1 aliphatic rings. The van der Waals surface area contributed by atoms with Gasteiger partial charge in [-0.1, -0.05) is 29.8 Å². The Kier molecular flexibility index (Phi) is 4.29. The SMILES string of the molecule is Cn1cc(C2CCCN2CC(O)c2ccccc2Cl)cn1. The van der Waals surface area contributed by atoms with Gasteiger partial charge in [-0.2, -0.15) is 5.10 Å². The highest BCUT2D eigenvalue weighted by Gasteiger charge is 2.29. The van der Waals surface area contributed by atoms with Gasteiger partial charge in [-0.25, -0.2) is 0 Å². The van der Waals surface area contributed by atoms with E-state index in [0.717, 1.165) is 24.9 Å². The summed E-state index contributed by atoms with van der Waals surface area (Å²) < 4.78 is 1.83. The van der Waals surface area contributed by atoms with Crippen LogP contribution in [0.1, 0.15) is 36.1 Å². The fourth-order valence-corrected chi connectivity index (χ4v) is 3.36. The Morgan fingerprint density at radius 1 is 1.43 bits per heavy atom. The van der Waals surface area contributed by atoms with Crippen LogP contribution in [0.25, 0.3) is 0 Å². The lowest BCUT2D eigenvalue weighted by atomic mass is 10.1. The van der Waals surface area contributed by atoms with Crippen molar-refractivity contribution in [2.24, 2.45) is 7.05 Å². The normalized spacial score (nSPS) is 20.8. The van der Waals surface area contributed by atoms with Crippen molar-refractivity contribution >= 4 is 11.6 Å². The molecule has 3 rings (SSSR count). The Morgan fingerprint density at radius 2 is 2.24 bits per heavy atom. The van der Waals surface area contributed by atoms with Gasteiger partial charge in [0, 0.05) is 42.0 Å². The number of likely N-dealkylation sites (tertiary alicyclic amines) is 1. The van der Waals surface area contributed by atoms with E-state index in [1.165, 1.54) is 5.56 Å². The molecule has 21 heavy (non-hydrogen) atoms. The van der Waals surface area contributed by atoms with Crippen molar-refractivity contribution in [3.63, 3.8) is 0 Å². The highest BCUT2D eigenvalue weighted by Crippen LogP contribution is 2.34. The van der Waals surface area contributed by atoms with Gasteiger partial charge in [0.25, 0.3) is 0 Å². The lowest BCUT2D eigenvalue weighted by Gasteiger charge is -2.26. The number of aryl methyl sites for hydroxylation is 1. The number of β-amino-alcohol motifs (C(OH)–C–C–N with tert-alkyl or cyclic N) is 1. The number of rotatable bonds is 4. The zero-order chi connectivity index (χ0) is 14.8. The number of aromatic nitrogens is 2. The lowest BCUT2D eigenvalue weighted by molar-refractivity contribution is 0.106. The molecular formula is C16H20ClN3O. The molecule has 4 nitrogen and oxygen atoms in total. The van der Waals surface area contributed by atoms with Crippen LogP contribution in [-0.2, 0) is 7.05 Å². The van der Waals surface area contributed by atoms with Crippen LogP contribution < -0.4 is 0 Å². The van der Waals surface area contributed by atoms with E-state index in [2.05, 4.69) is 16.2 Å². The molecule has 1 fully saturated rings. The van der Waals surface area contributed by atoms with E-state index in [4.69, 9.17) is 11.6 Å². The first-order valence-corrected chi connectivity index (χ1v) is 7.68. The van der Waals surface area contributed by atoms with Crippen LogP contribution in [-0.4, -0.2) is 32.9 Å². The number of benzene rings is 1. The molecule has 0 saturated carbocycles. The highest BCUT2D eigenvalue weighted by atomic mass is 35.5. The number of aliphatic hydroxyl groups is 1. The topological polar surface area (TPSA) is 41.3 Å². The molecule has 5 heteroatoms. The summed E-state index contributed by atoms with van der Waals surface area (Å²) in [6, 6.07) is 7.85. The van der Waals surface area contributed by atoms with Gasteiger partial charge in [0.15, 0.2) is 0 Å². The Labute approximate surface area is 130 Å². The summed E-state index contributed by atoms with van der Waals surface area (Å²) in [5.74, 6) is 0. The van der Waals surface area contributed by atoms with E-state index in [0.29, 0.717) is 17.6 Å². The summed E-state index contributed by atoms with van der Waals surface area (Å²) in [6.45, 7) is 1.60. The average Bonchev–Trinajstić information content (AvgIpc) is 3.08. The second-order valence-electron chi connectivity index (χ2n) is 5.64. The van der Waals surface area contributed by atoms with Gasteiger partial charge < -0.3 is 5.11 Å². The lowest BCUT2D eigenvalue weighted by Crippen LogP contribution is -2.28. The van der Waals surface area contributed by atoms with Crippen LogP contribution in [0.4, 0.5) is 0 Å². The molecule has 2 atom stereocenters. The van der Waals surface area contributed by atoms with Gasteiger partial charge in [0.1, 0.15) is 0 Å². The summed E-state index contributed by atoms with van der Waals surface area (Å²) >= 11 is 6.17. The molecule has 0 amide bonds. The van der Waals surface area contributed by atoms with Crippen LogP contribution in [0, 0.1) is 0 Å². The van der Waals surface area contributed by atoms with Crippen molar-refractivity contribution in [2.45, 2.75) is 25.0 Å². The van der Waals surface area contributed by atoms with Crippen molar-refractivity contribution in [3.05, 3.63) is 52.8 Å². The first kappa shape index (κ1) is 14.6. The molecule has 0 spiro atoms. The van der Waals surface area contributed by atoms with Crippen molar-refractivity contribution in [1.29, 1.82) is 0 Å². The van der Waals surface area contributed by atoms with Gasteiger partial charge >= 0.3 is 0 Å². The molecule has 1 aromatic carbocycles. The highest BCUT2D eigenvalue weighted by molar-refractivity contribution is 6.31. The van der Waals surface area contributed by atoms with Crippen LogP contribution in [0.15, 0.2) is 36.7 Å². The Morgan fingerprint density at radius 3 is 2.95 bits per heavy atom. The summed E-state index contributed by atoms with van der Waals surface area (Å²) in [7, 11) is 1.93. The quantitative estimate of drug-likeness (QED) is 0.944. The fraction of sp³-hybridized carbons (Fsp3) is 0.438. The maximum absolute atomic E-state index is 10.5. The van der Waals surface area contributed by atoms with Crippen LogP contribution >= 0.6 is 11.6 Å². The smallest absolute Gasteiger partial charge is 0.0931 e. The number of hydrogen-bond acceptors (Lipinski definition) is 3. The largest absolute Gasteiger partial charge is 0.387 e. The van der Waals surface area contributed by atoms with Gasteiger partial charge in [0.2, 0.25) is 0 Å². The molecule has 2 heterocycles. The number of nitrogens with zero attached hydrogens (tertiary/aromatic N) is 3. The number of halogens is 1. The summed E-state index contributed by atoms with van der Waals surface area (Å²) in [4.78, 5) is 2.32. The standard InChI is InChI=1S/C16H20ClN3O/c1-19-10-12(9-18-19)15-7-4-8-20(15)11-16(21)13-5-2-3-6-14(13)17/h2-3,5-6,9-10,15-16,21H,4,7-8,11H2,1H3. The van der Waals surface area contributed by atoms with Crippen LogP contribution in [0.2, 0.25) is 5.02 Å². The minimum Gasteiger partial charge on any atom is -0.387 e. The number of aliphatic hydroxyl groups excluding tert-OH is 1. The predicted octanol–water partition coefficient (Wildman–Crippen LogP) is 2.94. The van der Waals surface area contributed by atoms with Crippen molar-refractivity contribution in [1.82, 2.24) is 14.7 Å². The molecule has 2 unspecified atom stereocenters. The first-order valence-electron chi connectivity index (χ1n) is 7.30. The predicted molar refractivity (Wildman–Crippen MR) is 83.2 cm³/mol. The second-order valence-corrected chi connectivity index (χ2v) is 6.04. The monoisotopic (exact) mass is 305 g/mol. The van der Waals surface area contributed by atoms with E-state index in [1.54, 1.807) is 0 Å². The maximum Gasteiger partial charge on any atom is 0.0931 e. The molecule has 1 saturated heterocycles. The Balaban J connectivity index is 1.73. The van der Waals surface area contributed by atoms with Gasteiger partial charge in [-0.3, -0.25) is 9.58 Å². The van der Waals surface area contributed by atoms with Crippen molar-refractivity contribution in [3.8, 4) is 0 Å². The van der Waals surface area contributed by atoms with Crippen LogP contribution in [0.3, 0.4) is 0 Å². The third-order valence-corrected chi connectivity index (χ3v) is 4.49. The van der Waals surface area contributed by atoms with Gasteiger partial charge in [-0.15, -0.1) is 0 Å². The Hall–Kier alpha value is -1.36. The van der Waals surface area contributed by atoms with E-state index in [-0.39, 0.29) is 0 Å². The third-order valence-electron chi connectivity index (χ3n) is 4.14. The van der Waals surface area contributed by atoms with Crippen molar-refractivity contribution in [2.75, 3.05) is 13.1 Å². The van der Waals surface area contributed by atoms with Gasteiger partial charge in [-0.05, 0) is 25.5 Å². The molecule has 1 aromatic heterocycles. The summed E-state index contributed by atoms with van der Waals surface area (Å²) in [5.41, 5.74) is 2.03. The van der Waals surface area contributed by atoms with E-state index < -0.39 is 6.10 Å². The van der Waals surface area contributed by atoms with E-state index >= 15 is 0 Å². The molecule has 2 aromatic rings. The molecule has 1 N–H and O–H groups in total. The Bertz CT molecular complexity index is 613. The number of hydrogen-bond donors (Lipinski definition) is 1. The summed E-state index contributed by atoms with van der Waals surface area (Å²) in [6.07, 6.45) is 5.68. The fourth-order valence-electron chi connectivity index (χ4n) is 3.10. The molecule has 0 radical (unpaired) electrons. The maximum atomic E-state index is 10.5. The average molecular weight is 306 g/mol. The van der Waals surface area contributed by atoms with Gasteiger partial charge in [0.05, 0.1) is 12.3 Å². The molecule has 0 aliphatic carbocycles. The van der Waals surface area contributed by atoms with Crippen molar-refractivity contribution < 1.29 is 5.11 Å². The molecule has 112 valence electrons. The summed E-state index contributed by atoms with van der Waals surface area (Å²) in [5, 5.41) is 15.4. The molecular weight excluding hydrogens is 286 g/mol. The zero-order valence-electron chi connectivity index (χ0n) is 12.1. The minimum absolute atomic E-state index is 0.343. The second kappa shape index (κ2) is 6.18. The molecule has 0 bridgehead atoms. The van der Waals surface area contributed by atoms with Crippen LogP contribution in [0.5, 0.6) is 0 Å².